The van der Waals surface area contributed by atoms with Crippen molar-refractivity contribution in [3.05, 3.63) is 74.7 Å². The highest BCUT2D eigenvalue weighted by atomic mass is 35.5. The number of hydrogen-bond acceptors (Lipinski definition) is 5. The van der Waals surface area contributed by atoms with Gasteiger partial charge in [0, 0.05) is 36.3 Å². The molecule has 4 rings (SSSR count). The number of benzene rings is 2. The zero-order valence-electron chi connectivity index (χ0n) is 17.7. The Morgan fingerprint density at radius 1 is 1.19 bits per heavy atom. The van der Waals surface area contributed by atoms with Gasteiger partial charge in [0.2, 0.25) is 5.01 Å². The Bertz CT molecular complexity index is 1100. The van der Waals surface area contributed by atoms with Crippen LogP contribution in [0.2, 0.25) is 5.02 Å². The Labute approximate surface area is 195 Å². The van der Waals surface area contributed by atoms with Gasteiger partial charge in [-0.3, -0.25) is 4.79 Å². The fraction of sp³-hybridized carbons (Fsp3) is 0.304. The molecule has 1 aliphatic heterocycles. The number of carbonyl (C=O) groups is 2. The van der Waals surface area contributed by atoms with Crippen molar-refractivity contribution in [1.29, 1.82) is 0 Å². The van der Waals surface area contributed by atoms with E-state index in [-0.39, 0.29) is 17.9 Å². The molecule has 0 radical (unpaired) electrons. The number of nitrogens with one attached hydrogen (secondary N) is 2. The van der Waals surface area contributed by atoms with E-state index in [0.717, 1.165) is 23.4 Å². The second-order valence-corrected chi connectivity index (χ2v) is 9.28. The normalized spacial score (nSPS) is 15.9. The van der Waals surface area contributed by atoms with E-state index < -0.39 is 0 Å². The zero-order chi connectivity index (χ0) is 22.5. The second-order valence-electron chi connectivity index (χ2n) is 7.84. The number of halogens is 1. The first-order valence-electron chi connectivity index (χ1n) is 10.5. The number of nitrogens with zero attached hydrogens (tertiary/aromatic N) is 3. The molecule has 0 aliphatic carbocycles. The summed E-state index contributed by atoms with van der Waals surface area (Å²) in [6, 6.07) is 15.0. The predicted molar refractivity (Wildman–Crippen MR) is 126 cm³/mol. The number of likely N-dealkylation sites (tertiary alicyclic amines) is 1. The Balaban J connectivity index is 1.34. The van der Waals surface area contributed by atoms with E-state index in [9.17, 15) is 9.59 Å². The summed E-state index contributed by atoms with van der Waals surface area (Å²) in [7, 11) is 0. The summed E-state index contributed by atoms with van der Waals surface area (Å²) in [5.74, 6) is -0.251. The van der Waals surface area contributed by atoms with E-state index in [0.29, 0.717) is 35.4 Å². The molecule has 1 aliphatic rings. The van der Waals surface area contributed by atoms with Gasteiger partial charge in [-0.1, -0.05) is 58.8 Å². The van der Waals surface area contributed by atoms with Crippen LogP contribution in [0.25, 0.3) is 0 Å². The summed E-state index contributed by atoms with van der Waals surface area (Å²) in [6.07, 6.45) is 1.79. The molecule has 2 heterocycles. The summed E-state index contributed by atoms with van der Waals surface area (Å²) in [5, 5.41) is 15.7. The summed E-state index contributed by atoms with van der Waals surface area (Å²) in [6.45, 7) is 3.80. The quantitative estimate of drug-likeness (QED) is 0.559. The van der Waals surface area contributed by atoms with Gasteiger partial charge in [0.1, 0.15) is 5.01 Å². The van der Waals surface area contributed by atoms with E-state index in [1.165, 1.54) is 16.9 Å². The lowest BCUT2D eigenvalue weighted by atomic mass is 9.99. The standard InChI is InChI=1S/C23H24ClN5O2S/c1-15-7-9-16(10-8-15)13-25-23(31)29-11-3-4-17(14-29)21-27-28-22(32-21)20(30)26-19-6-2-5-18(24)12-19/h2,5-10,12,17H,3-4,11,13-14H2,1H3,(H,25,31)(H,26,30). The number of piperidine rings is 1. The topological polar surface area (TPSA) is 87.2 Å². The van der Waals surface area contributed by atoms with Gasteiger partial charge >= 0.3 is 6.03 Å². The van der Waals surface area contributed by atoms with Crippen LogP contribution in [-0.2, 0) is 6.54 Å². The number of urea groups is 1. The first-order chi connectivity index (χ1) is 15.5. The highest BCUT2D eigenvalue weighted by molar-refractivity contribution is 7.13. The van der Waals surface area contributed by atoms with Crippen LogP contribution in [0.4, 0.5) is 10.5 Å². The van der Waals surface area contributed by atoms with Crippen LogP contribution in [-0.4, -0.2) is 40.1 Å². The van der Waals surface area contributed by atoms with Gasteiger partial charge < -0.3 is 15.5 Å². The molecule has 2 aromatic carbocycles. The molecule has 3 aromatic rings. The van der Waals surface area contributed by atoms with Gasteiger partial charge in [-0.2, -0.15) is 0 Å². The fourth-order valence-corrected chi connectivity index (χ4v) is 4.66. The van der Waals surface area contributed by atoms with E-state index >= 15 is 0 Å². The molecule has 2 N–H and O–H groups in total. The van der Waals surface area contributed by atoms with Crippen molar-refractivity contribution in [2.75, 3.05) is 18.4 Å². The van der Waals surface area contributed by atoms with E-state index in [1.807, 2.05) is 36.1 Å². The SMILES string of the molecule is Cc1ccc(CNC(=O)N2CCCC(c3nnc(C(=O)Nc4cccc(Cl)c4)s3)C2)cc1. The number of aromatic nitrogens is 2. The second kappa shape index (κ2) is 10.1. The smallest absolute Gasteiger partial charge is 0.317 e. The van der Waals surface area contributed by atoms with E-state index in [4.69, 9.17) is 11.6 Å². The summed E-state index contributed by atoms with van der Waals surface area (Å²) >= 11 is 7.24. The summed E-state index contributed by atoms with van der Waals surface area (Å²) in [4.78, 5) is 27.0. The molecule has 3 amide bonds. The average molecular weight is 470 g/mol. The molecule has 1 saturated heterocycles. The van der Waals surface area contributed by atoms with Gasteiger partial charge in [0.25, 0.3) is 5.91 Å². The lowest BCUT2D eigenvalue weighted by Crippen LogP contribution is -2.44. The lowest BCUT2D eigenvalue weighted by Gasteiger charge is -2.31. The van der Waals surface area contributed by atoms with Gasteiger partial charge in [-0.15, -0.1) is 10.2 Å². The van der Waals surface area contributed by atoms with Gasteiger partial charge in [-0.25, -0.2) is 4.79 Å². The molecule has 7 nitrogen and oxygen atoms in total. The number of anilines is 1. The third-order valence-corrected chi connectivity index (χ3v) is 6.66. The number of amides is 3. The molecule has 1 unspecified atom stereocenters. The molecule has 1 aromatic heterocycles. The first kappa shape index (κ1) is 22.2. The van der Waals surface area contributed by atoms with Crippen molar-refractivity contribution in [1.82, 2.24) is 20.4 Å². The number of carbonyl (C=O) groups excluding carboxylic acids is 2. The van der Waals surface area contributed by atoms with Crippen LogP contribution in [0, 0.1) is 6.92 Å². The van der Waals surface area contributed by atoms with Crippen LogP contribution in [0.15, 0.2) is 48.5 Å². The maximum absolute atomic E-state index is 12.7. The molecule has 0 spiro atoms. The van der Waals surface area contributed by atoms with Crippen molar-refractivity contribution in [3.63, 3.8) is 0 Å². The molecule has 0 saturated carbocycles. The Morgan fingerprint density at radius 2 is 2.00 bits per heavy atom. The maximum atomic E-state index is 12.7. The third kappa shape index (κ3) is 5.63. The Hall–Kier alpha value is -2.97. The molecule has 1 fully saturated rings. The summed E-state index contributed by atoms with van der Waals surface area (Å²) in [5.41, 5.74) is 2.86. The van der Waals surface area contributed by atoms with Crippen molar-refractivity contribution in [2.45, 2.75) is 32.2 Å². The molecular weight excluding hydrogens is 446 g/mol. The fourth-order valence-electron chi connectivity index (χ4n) is 3.60. The van der Waals surface area contributed by atoms with Crippen molar-refractivity contribution in [2.24, 2.45) is 0 Å². The van der Waals surface area contributed by atoms with Crippen molar-refractivity contribution < 1.29 is 9.59 Å². The van der Waals surface area contributed by atoms with Crippen LogP contribution in [0.3, 0.4) is 0 Å². The molecule has 9 heteroatoms. The van der Waals surface area contributed by atoms with Crippen LogP contribution < -0.4 is 10.6 Å². The third-order valence-electron chi connectivity index (χ3n) is 5.34. The van der Waals surface area contributed by atoms with Crippen molar-refractivity contribution >= 4 is 40.6 Å². The molecule has 32 heavy (non-hydrogen) atoms. The minimum Gasteiger partial charge on any atom is -0.334 e. The van der Waals surface area contributed by atoms with Crippen molar-refractivity contribution in [3.8, 4) is 0 Å². The van der Waals surface area contributed by atoms with Gasteiger partial charge in [0.05, 0.1) is 0 Å². The number of aryl methyl sites for hydroxylation is 1. The van der Waals surface area contributed by atoms with Crippen LogP contribution >= 0.6 is 22.9 Å². The molecular formula is C23H24ClN5O2S. The lowest BCUT2D eigenvalue weighted by molar-refractivity contribution is 0.102. The van der Waals surface area contributed by atoms with E-state index in [2.05, 4.69) is 20.8 Å². The Morgan fingerprint density at radius 3 is 2.78 bits per heavy atom. The van der Waals surface area contributed by atoms with Gasteiger partial charge in [0.15, 0.2) is 0 Å². The minimum absolute atomic E-state index is 0.0686. The minimum atomic E-state index is -0.320. The predicted octanol–water partition coefficient (Wildman–Crippen LogP) is 4.84. The number of rotatable bonds is 5. The zero-order valence-corrected chi connectivity index (χ0v) is 19.2. The largest absolute Gasteiger partial charge is 0.334 e. The molecule has 1 atom stereocenters. The highest BCUT2D eigenvalue weighted by Crippen LogP contribution is 2.29. The van der Waals surface area contributed by atoms with Crippen LogP contribution in [0.1, 0.15) is 44.7 Å². The summed E-state index contributed by atoms with van der Waals surface area (Å²) < 4.78 is 0. The highest BCUT2D eigenvalue weighted by Gasteiger charge is 2.28. The number of hydrogen-bond donors (Lipinski definition) is 2. The van der Waals surface area contributed by atoms with E-state index in [1.54, 1.807) is 24.3 Å². The maximum Gasteiger partial charge on any atom is 0.317 e. The monoisotopic (exact) mass is 469 g/mol. The molecule has 166 valence electrons. The first-order valence-corrected chi connectivity index (χ1v) is 11.7. The Kier molecular flexibility index (Phi) is 7.02. The van der Waals surface area contributed by atoms with Crippen LogP contribution in [0.5, 0.6) is 0 Å². The molecule has 0 bridgehead atoms. The average Bonchev–Trinajstić information content (AvgIpc) is 3.29. The van der Waals surface area contributed by atoms with Gasteiger partial charge in [-0.05, 0) is 43.5 Å².